The van der Waals surface area contributed by atoms with Crippen molar-refractivity contribution in [2.24, 2.45) is 5.92 Å². The molecule has 3 aromatic rings. The molecule has 0 saturated heterocycles. The van der Waals surface area contributed by atoms with E-state index in [4.69, 9.17) is 16.3 Å². The minimum atomic E-state index is 0.392. The van der Waals surface area contributed by atoms with E-state index in [1.807, 2.05) is 18.2 Å². The van der Waals surface area contributed by atoms with E-state index in [0.717, 1.165) is 11.3 Å². The lowest BCUT2D eigenvalue weighted by Crippen LogP contribution is -2.03. The lowest BCUT2D eigenvalue weighted by atomic mass is 10.1. The van der Waals surface area contributed by atoms with Crippen molar-refractivity contribution in [3.63, 3.8) is 0 Å². The van der Waals surface area contributed by atoms with Gasteiger partial charge >= 0.3 is 0 Å². The molecule has 0 spiro atoms. The van der Waals surface area contributed by atoms with Gasteiger partial charge in [-0.15, -0.1) is 0 Å². The summed E-state index contributed by atoms with van der Waals surface area (Å²) in [6.07, 6.45) is 0.977. The maximum atomic E-state index is 6.12. The van der Waals surface area contributed by atoms with Gasteiger partial charge in [-0.2, -0.15) is 4.98 Å². The van der Waals surface area contributed by atoms with Crippen LogP contribution in [0.15, 0.2) is 70.7 Å². The van der Waals surface area contributed by atoms with Crippen LogP contribution in [-0.4, -0.2) is 16.6 Å². The van der Waals surface area contributed by atoms with Crippen LogP contribution in [0.2, 0.25) is 5.15 Å². The summed E-state index contributed by atoms with van der Waals surface area (Å²) in [5, 5.41) is 0.979. The van der Waals surface area contributed by atoms with Crippen LogP contribution in [0, 0.1) is 5.92 Å². The Hall–Kier alpha value is -2.04. The number of nitrogens with zero attached hydrogens (tertiary/aromatic N) is 2. The molecule has 2 aromatic carbocycles. The first-order chi connectivity index (χ1) is 12.6. The van der Waals surface area contributed by atoms with Crippen LogP contribution in [0.5, 0.6) is 5.88 Å². The molecule has 0 unspecified atom stereocenters. The van der Waals surface area contributed by atoms with Gasteiger partial charge in [-0.05, 0) is 47.4 Å². The quantitative estimate of drug-likeness (QED) is 0.350. The molecule has 0 saturated carbocycles. The number of aromatic nitrogens is 2. The predicted octanol–water partition coefficient (Wildman–Crippen LogP) is 6.37. The molecule has 0 radical (unpaired) electrons. The van der Waals surface area contributed by atoms with Crippen LogP contribution in [0.3, 0.4) is 0 Å². The summed E-state index contributed by atoms with van der Waals surface area (Å²) < 4.78 is 5.70. The van der Waals surface area contributed by atoms with Crippen molar-refractivity contribution in [3.8, 4) is 17.0 Å². The predicted molar refractivity (Wildman–Crippen MR) is 108 cm³/mol. The van der Waals surface area contributed by atoms with Crippen molar-refractivity contribution in [1.29, 1.82) is 0 Å². The average molecular weight is 385 g/mol. The van der Waals surface area contributed by atoms with Crippen LogP contribution >= 0.6 is 23.4 Å². The van der Waals surface area contributed by atoms with Gasteiger partial charge < -0.3 is 4.74 Å². The summed E-state index contributed by atoms with van der Waals surface area (Å²) in [6.45, 7) is 4.95. The average Bonchev–Trinajstić information content (AvgIpc) is 2.62. The largest absolute Gasteiger partial charge is 0.478 e. The Balaban J connectivity index is 1.69. The molecule has 3 rings (SSSR count). The molecule has 134 valence electrons. The molecule has 26 heavy (non-hydrogen) atoms. The molecule has 0 atom stereocenters. The van der Waals surface area contributed by atoms with E-state index >= 15 is 0 Å². The molecule has 0 aliphatic rings. The number of ether oxygens (including phenoxy) is 1. The zero-order valence-electron chi connectivity index (χ0n) is 14.9. The summed E-state index contributed by atoms with van der Waals surface area (Å²) in [5.74, 6) is 1.11. The van der Waals surface area contributed by atoms with Crippen LogP contribution in [0.1, 0.15) is 20.3 Å². The van der Waals surface area contributed by atoms with E-state index in [1.165, 1.54) is 22.9 Å². The van der Waals surface area contributed by atoms with Gasteiger partial charge in [0.05, 0.1) is 6.61 Å². The molecule has 1 heterocycles. The highest BCUT2D eigenvalue weighted by atomic mass is 35.5. The Morgan fingerprint density at radius 2 is 1.65 bits per heavy atom. The summed E-state index contributed by atoms with van der Waals surface area (Å²) in [7, 11) is 0. The Morgan fingerprint density at radius 3 is 2.35 bits per heavy atom. The highest BCUT2D eigenvalue weighted by molar-refractivity contribution is 7.99. The second-order valence-electron chi connectivity index (χ2n) is 6.33. The first-order valence-electron chi connectivity index (χ1n) is 8.61. The van der Waals surface area contributed by atoms with E-state index in [-0.39, 0.29) is 0 Å². The fourth-order valence-corrected chi connectivity index (χ4v) is 3.33. The molecular formula is C21H21ClN2OS. The molecule has 0 amide bonds. The van der Waals surface area contributed by atoms with Gasteiger partial charge in [0.15, 0.2) is 5.16 Å². The minimum Gasteiger partial charge on any atom is -0.478 e. The summed E-state index contributed by atoms with van der Waals surface area (Å²) >= 11 is 7.59. The molecule has 3 nitrogen and oxygen atoms in total. The van der Waals surface area contributed by atoms with Crippen molar-refractivity contribution < 1.29 is 4.74 Å². The van der Waals surface area contributed by atoms with Crippen molar-refractivity contribution in [2.45, 2.75) is 30.3 Å². The second kappa shape index (κ2) is 9.06. The molecule has 0 bridgehead atoms. The molecule has 5 heteroatoms. The van der Waals surface area contributed by atoms with E-state index in [1.54, 1.807) is 6.07 Å². The Kier molecular flexibility index (Phi) is 6.53. The molecule has 0 fully saturated rings. The third kappa shape index (κ3) is 5.48. The van der Waals surface area contributed by atoms with Gasteiger partial charge in [0, 0.05) is 11.0 Å². The lowest BCUT2D eigenvalue weighted by molar-refractivity contribution is 0.277. The van der Waals surface area contributed by atoms with Crippen LogP contribution in [0.4, 0.5) is 0 Å². The molecule has 0 aliphatic heterocycles. The summed E-state index contributed by atoms with van der Waals surface area (Å²) in [6, 6.07) is 20.3. The number of hydrogen-bond donors (Lipinski definition) is 0. The van der Waals surface area contributed by atoms with E-state index in [2.05, 4.69) is 60.2 Å². The molecule has 0 aliphatic carbocycles. The first-order valence-corrected chi connectivity index (χ1v) is 9.80. The van der Waals surface area contributed by atoms with Crippen molar-refractivity contribution in [1.82, 2.24) is 9.97 Å². The van der Waals surface area contributed by atoms with E-state index in [9.17, 15) is 0 Å². The smallest absolute Gasteiger partial charge is 0.218 e. The lowest BCUT2D eigenvalue weighted by Gasteiger charge is -2.09. The number of rotatable bonds is 7. The molecular weight excluding hydrogens is 364 g/mol. The fraction of sp³-hybridized carbons (Fsp3) is 0.238. The summed E-state index contributed by atoms with van der Waals surface area (Å²) in [4.78, 5) is 9.80. The Labute approximate surface area is 163 Å². The van der Waals surface area contributed by atoms with Crippen LogP contribution < -0.4 is 4.74 Å². The van der Waals surface area contributed by atoms with E-state index in [0.29, 0.717) is 28.7 Å². The Bertz CT molecular complexity index is 838. The maximum Gasteiger partial charge on any atom is 0.218 e. The van der Waals surface area contributed by atoms with Gasteiger partial charge in [0.1, 0.15) is 5.15 Å². The van der Waals surface area contributed by atoms with Gasteiger partial charge in [-0.1, -0.05) is 67.9 Å². The summed E-state index contributed by atoms with van der Waals surface area (Å²) in [5.41, 5.74) is 2.38. The number of hydrogen-bond acceptors (Lipinski definition) is 4. The van der Waals surface area contributed by atoms with E-state index < -0.39 is 0 Å². The molecule has 0 N–H and O–H groups in total. The van der Waals surface area contributed by atoms with Gasteiger partial charge in [0.25, 0.3) is 0 Å². The highest BCUT2D eigenvalue weighted by Gasteiger charge is 2.07. The van der Waals surface area contributed by atoms with Crippen molar-refractivity contribution >= 4 is 23.4 Å². The minimum absolute atomic E-state index is 0.392. The SMILES string of the molecule is CC(C)CCOc1cc(Cl)nc(Sc2ccc(-c3ccccc3)cc2)n1. The highest BCUT2D eigenvalue weighted by Crippen LogP contribution is 2.29. The zero-order valence-corrected chi connectivity index (χ0v) is 16.4. The normalized spacial score (nSPS) is 10.9. The third-order valence-electron chi connectivity index (χ3n) is 3.77. The maximum absolute atomic E-state index is 6.12. The number of benzene rings is 2. The van der Waals surface area contributed by atoms with Gasteiger partial charge in [-0.3, -0.25) is 0 Å². The van der Waals surface area contributed by atoms with Crippen LogP contribution in [0.25, 0.3) is 11.1 Å². The van der Waals surface area contributed by atoms with Gasteiger partial charge in [0.2, 0.25) is 5.88 Å². The molecule has 1 aromatic heterocycles. The van der Waals surface area contributed by atoms with Gasteiger partial charge in [-0.25, -0.2) is 4.98 Å². The Morgan fingerprint density at radius 1 is 0.962 bits per heavy atom. The zero-order chi connectivity index (χ0) is 18.4. The van der Waals surface area contributed by atoms with Crippen molar-refractivity contribution in [2.75, 3.05) is 6.61 Å². The topological polar surface area (TPSA) is 35.0 Å². The fourth-order valence-electron chi connectivity index (χ4n) is 2.35. The number of halogens is 1. The third-order valence-corrected chi connectivity index (χ3v) is 4.83. The monoisotopic (exact) mass is 384 g/mol. The van der Waals surface area contributed by atoms with Crippen LogP contribution in [-0.2, 0) is 0 Å². The van der Waals surface area contributed by atoms with Crippen molar-refractivity contribution in [3.05, 3.63) is 65.8 Å². The first kappa shape index (κ1) is 18.7. The standard InChI is InChI=1S/C21H21ClN2OS/c1-15(2)12-13-25-20-14-19(22)23-21(24-20)26-18-10-8-17(9-11-18)16-6-4-3-5-7-16/h3-11,14-15H,12-13H2,1-2H3. The second-order valence-corrected chi connectivity index (χ2v) is 7.76.